The smallest absolute Gasteiger partial charge is 0.138 e. The van der Waals surface area contributed by atoms with Crippen LogP contribution in [0.2, 0.25) is 0 Å². The van der Waals surface area contributed by atoms with Gasteiger partial charge in [0.2, 0.25) is 0 Å². The number of ether oxygens (including phenoxy) is 2. The molecule has 1 aromatic heterocycles. The Kier molecular flexibility index (Phi) is 5.91. The van der Waals surface area contributed by atoms with E-state index < -0.39 is 0 Å². The Morgan fingerprint density at radius 1 is 1.32 bits per heavy atom. The molecule has 0 N–H and O–H groups in total. The molecule has 2 aromatic rings. The number of nitrogens with zero attached hydrogens (tertiary/aromatic N) is 3. The van der Waals surface area contributed by atoms with Gasteiger partial charge in [0.1, 0.15) is 24.0 Å². The molecule has 0 saturated carbocycles. The highest BCUT2D eigenvalue weighted by Gasteiger charge is 2.18. The summed E-state index contributed by atoms with van der Waals surface area (Å²) in [6.07, 6.45) is 2.38. The molecule has 0 bridgehead atoms. The summed E-state index contributed by atoms with van der Waals surface area (Å²) in [6.45, 7) is 6.04. The van der Waals surface area contributed by atoms with E-state index in [1.807, 2.05) is 39.1 Å². The fourth-order valence-corrected chi connectivity index (χ4v) is 3.54. The topological polar surface area (TPSA) is 47.5 Å². The summed E-state index contributed by atoms with van der Waals surface area (Å²) in [4.78, 5) is 11.0. The Hall–Kier alpha value is -1.66. The van der Waals surface area contributed by atoms with Crippen molar-refractivity contribution in [3.63, 3.8) is 0 Å². The summed E-state index contributed by atoms with van der Waals surface area (Å²) in [5, 5.41) is 0. The SMILES string of the molecule is Cc1cc(N(C)Cc2cccc(Br)c2OCC2CCCO2)nc(C)n1. The van der Waals surface area contributed by atoms with E-state index in [0.29, 0.717) is 13.2 Å². The molecule has 1 aliphatic rings. The summed E-state index contributed by atoms with van der Waals surface area (Å²) in [5.74, 6) is 2.58. The van der Waals surface area contributed by atoms with Gasteiger partial charge in [-0.1, -0.05) is 12.1 Å². The van der Waals surface area contributed by atoms with Crippen molar-refractivity contribution in [3.05, 3.63) is 45.8 Å². The quantitative estimate of drug-likeness (QED) is 0.725. The molecule has 1 aliphatic heterocycles. The number of hydrogen-bond acceptors (Lipinski definition) is 5. The second-order valence-corrected chi connectivity index (χ2v) is 7.30. The number of para-hydroxylation sites is 1. The number of aryl methyl sites for hydroxylation is 2. The van der Waals surface area contributed by atoms with Crippen molar-refractivity contribution in [3.8, 4) is 5.75 Å². The lowest BCUT2D eigenvalue weighted by atomic mass is 10.2. The zero-order valence-corrected chi connectivity index (χ0v) is 16.5. The van der Waals surface area contributed by atoms with Crippen molar-refractivity contribution in [1.82, 2.24) is 9.97 Å². The molecule has 0 spiro atoms. The molecule has 1 aromatic carbocycles. The van der Waals surface area contributed by atoms with E-state index in [1.54, 1.807) is 0 Å². The van der Waals surface area contributed by atoms with Gasteiger partial charge in [0.25, 0.3) is 0 Å². The van der Waals surface area contributed by atoms with Gasteiger partial charge < -0.3 is 14.4 Å². The Morgan fingerprint density at radius 2 is 2.16 bits per heavy atom. The average Bonchev–Trinajstić information content (AvgIpc) is 3.07. The molecule has 2 heterocycles. The molecule has 0 amide bonds. The molecule has 3 rings (SSSR count). The molecule has 25 heavy (non-hydrogen) atoms. The maximum Gasteiger partial charge on any atom is 0.138 e. The maximum absolute atomic E-state index is 6.10. The van der Waals surface area contributed by atoms with Crippen molar-refractivity contribution >= 4 is 21.7 Å². The van der Waals surface area contributed by atoms with Gasteiger partial charge in [0, 0.05) is 37.5 Å². The summed E-state index contributed by atoms with van der Waals surface area (Å²) < 4.78 is 12.7. The molecule has 6 heteroatoms. The summed E-state index contributed by atoms with van der Waals surface area (Å²) in [5.41, 5.74) is 2.09. The third kappa shape index (κ3) is 4.70. The van der Waals surface area contributed by atoms with Crippen molar-refractivity contribution < 1.29 is 9.47 Å². The fraction of sp³-hybridized carbons (Fsp3) is 0.474. The third-order valence-corrected chi connectivity index (χ3v) is 4.86. The number of aromatic nitrogens is 2. The minimum atomic E-state index is 0.199. The number of anilines is 1. The van der Waals surface area contributed by atoms with Crippen molar-refractivity contribution in [1.29, 1.82) is 0 Å². The van der Waals surface area contributed by atoms with Gasteiger partial charge in [0.15, 0.2) is 0 Å². The third-order valence-electron chi connectivity index (χ3n) is 4.24. The molecule has 0 radical (unpaired) electrons. The highest BCUT2D eigenvalue weighted by Crippen LogP contribution is 2.31. The van der Waals surface area contributed by atoms with Gasteiger partial charge in [-0.15, -0.1) is 0 Å². The molecular weight excluding hydrogens is 382 g/mol. The number of hydrogen-bond donors (Lipinski definition) is 0. The maximum atomic E-state index is 6.10. The first-order valence-electron chi connectivity index (χ1n) is 8.58. The van der Waals surface area contributed by atoms with E-state index in [9.17, 15) is 0 Å². The van der Waals surface area contributed by atoms with Crippen LogP contribution < -0.4 is 9.64 Å². The molecular formula is C19H24BrN3O2. The largest absolute Gasteiger partial charge is 0.489 e. The molecule has 1 atom stereocenters. The summed E-state index contributed by atoms with van der Waals surface area (Å²) >= 11 is 3.62. The summed E-state index contributed by atoms with van der Waals surface area (Å²) in [7, 11) is 2.03. The van der Waals surface area contributed by atoms with E-state index in [0.717, 1.165) is 52.6 Å². The molecule has 1 fully saturated rings. The zero-order chi connectivity index (χ0) is 17.8. The first-order chi connectivity index (χ1) is 12.0. The minimum absolute atomic E-state index is 0.199. The predicted molar refractivity (Wildman–Crippen MR) is 102 cm³/mol. The van der Waals surface area contributed by atoms with Gasteiger partial charge >= 0.3 is 0 Å². The van der Waals surface area contributed by atoms with Crippen LogP contribution in [-0.2, 0) is 11.3 Å². The summed E-state index contributed by atoms with van der Waals surface area (Å²) in [6, 6.07) is 8.13. The van der Waals surface area contributed by atoms with E-state index in [4.69, 9.17) is 9.47 Å². The van der Waals surface area contributed by atoms with Crippen LogP contribution in [0.3, 0.4) is 0 Å². The average molecular weight is 406 g/mol. The molecule has 134 valence electrons. The molecule has 1 unspecified atom stereocenters. The Morgan fingerprint density at radius 3 is 2.88 bits per heavy atom. The van der Waals surface area contributed by atoms with Crippen LogP contribution in [0.5, 0.6) is 5.75 Å². The second-order valence-electron chi connectivity index (χ2n) is 6.44. The van der Waals surface area contributed by atoms with Crippen LogP contribution in [0.25, 0.3) is 0 Å². The normalized spacial score (nSPS) is 16.9. The first-order valence-corrected chi connectivity index (χ1v) is 9.37. The van der Waals surface area contributed by atoms with Gasteiger partial charge in [-0.2, -0.15) is 0 Å². The molecule has 0 aliphatic carbocycles. The van der Waals surface area contributed by atoms with Gasteiger partial charge in [-0.25, -0.2) is 9.97 Å². The zero-order valence-electron chi connectivity index (χ0n) is 15.0. The number of halogens is 1. The molecule has 1 saturated heterocycles. The standard InChI is InChI=1S/C19H24BrN3O2/c1-13-10-18(22-14(2)21-13)23(3)11-15-6-4-8-17(20)19(15)25-12-16-7-5-9-24-16/h4,6,8,10,16H,5,7,9,11-12H2,1-3H3. The highest BCUT2D eigenvalue weighted by molar-refractivity contribution is 9.10. The van der Waals surface area contributed by atoms with E-state index in [1.165, 1.54) is 0 Å². The Balaban J connectivity index is 1.75. The van der Waals surface area contributed by atoms with Gasteiger partial charge in [-0.05, 0) is 48.7 Å². The molecule has 5 nitrogen and oxygen atoms in total. The highest BCUT2D eigenvalue weighted by atomic mass is 79.9. The van der Waals surface area contributed by atoms with Crippen LogP contribution >= 0.6 is 15.9 Å². The lowest BCUT2D eigenvalue weighted by Crippen LogP contribution is -2.21. The van der Waals surface area contributed by atoms with Crippen LogP contribution in [0.4, 0.5) is 5.82 Å². The second kappa shape index (κ2) is 8.15. The van der Waals surface area contributed by atoms with Crippen LogP contribution in [0.1, 0.15) is 29.9 Å². The number of benzene rings is 1. The lowest BCUT2D eigenvalue weighted by molar-refractivity contribution is 0.0673. The van der Waals surface area contributed by atoms with Crippen LogP contribution in [0.15, 0.2) is 28.7 Å². The fourth-order valence-electron chi connectivity index (χ4n) is 3.02. The predicted octanol–water partition coefficient (Wildman–Crippen LogP) is 4.05. The minimum Gasteiger partial charge on any atom is -0.489 e. The van der Waals surface area contributed by atoms with Crippen molar-refractivity contribution in [2.75, 3.05) is 25.2 Å². The van der Waals surface area contributed by atoms with Gasteiger partial charge in [-0.3, -0.25) is 0 Å². The van der Waals surface area contributed by atoms with Crippen molar-refractivity contribution in [2.24, 2.45) is 0 Å². The van der Waals surface area contributed by atoms with Crippen molar-refractivity contribution in [2.45, 2.75) is 39.3 Å². The monoisotopic (exact) mass is 405 g/mol. The number of rotatable bonds is 6. The lowest BCUT2D eigenvalue weighted by Gasteiger charge is -2.22. The van der Waals surface area contributed by atoms with E-state index in [-0.39, 0.29) is 6.10 Å². The van der Waals surface area contributed by atoms with E-state index >= 15 is 0 Å². The van der Waals surface area contributed by atoms with Gasteiger partial charge in [0.05, 0.1) is 10.6 Å². The van der Waals surface area contributed by atoms with Crippen LogP contribution in [0, 0.1) is 13.8 Å². The van der Waals surface area contributed by atoms with E-state index in [2.05, 4.69) is 36.9 Å². The van der Waals surface area contributed by atoms with Crippen LogP contribution in [-0.4, -0.2) is 36.3 Å². The first kappa shape index (κ1) is 18.1. The Bertz CT molecular complexity index is 712. The Labute approximate surface area is 157 Å².